The molecule has 1 N–H and O–H groups in total. The van der Waals surface area contributed by atoms with Crippen molar-refractivity contribution in [1.29, 1.82) is 0 Å². The maximum absolute atomic E-state index is 11.3. The fourth-order valence-corrected chi connectivity index (χ4v) is 2.26. The second-order valence-electron chi connectivity index (χ2n) is 4.44. The number of rotatable bonds is 7. The Morgan fingerprint density at radius 3 is 2.28 bits per heavy atom. The van der Waals surface area contributed by atoms with Crippen molar-refractivity contribution < 1.29 is 8.42 Å². The zero-order valence-electron chi connectivity index (χ0n) is 11.3. The Morgan fingerprint density at radius 1 is 1.17 bits per heavy atom. The van der Waals surface area contributed by atoms with Crippen LogP contribution in [0.5, 0.6) is 0 Å². The SMILES string of the molecule is CCCNCCN(C)c1ccc(S(C)(=O)=O)cc1. The first-order valence-corrected chi connectivity index (χ1v) is 8.06. The van der Waals surface area contributed by atoms with Crippen LogP contribution in [0.2, 0.25) is 0 Å². The summed E-state index contributed by atoms with van der Waals surface area (Å²) < 4.78 is 22.7. The minimum Gasteiger partial charge on any atom is -0.373 e. The van der Waals surface area contributed by atoms with Gasteiger partial charge in [-0.25, -0.2) is 8.42 Å². The molecular formula is C13H22N2O2S. The Kier molecular flexibility index (Phi) is 5.62. The molecule has 0 aliphatic rings. The molecule has 1 rings (SSSR count). The molecule has 4 nitrogen and oxygen atoms in total. The summed E-state index contributed by atoms with van der Waals surface area (Å²) >= 11 is 0. The molecule has 0 unspecified atom stereocenters. The lowest BCUT2D eigenvalue weighted by atomic mass is 10.3. The van der Waals surface area contributed by atoms with Crippen LogP contribution in [0.15, 0.2) is 29.2 Å². The van der Waals surface area contributed by atoms with E-state index in [-0.39, 0.29) is 0 Å². The molecule has 1 aromatic carbocycles. The summed E-state index contributed by atoms with van der Waals surface area (Å²) in [4.78, 5) is 2.47. The highest BCUT2D eigenvalue weighted by Gasteiger charge is 2.07. The molecule has 0 aromatic heterocycles. The summed E-state index contributed by atoms with van der Waals surface area (Å²) in [6.07, 6.45) is 2.35. The van der Waals surface area contributed by atoms with Crippen molar-refractivity contribution in [3.8, 4) is 0 Å². The topological polar surface area (TPSA) is 49.4 Å². The van der Waals surface area contributed by atoms with E-state index in [0.29, 0.717) is 4.90 Å². The first kappa shape index (κ1) is 15.0. The fraction of sp³-hybridized carbons (Fsp3) is 0.538. The van der Waals surface area contributed by atoms with Gasteiger partial charge in [-0.1, -0.05) is 6.92 Å². The third-order valence-corrected chi connectivity index (χ3v) is 3.88. The summed E-state index contributed by atoms with van der Waals surface area (Å²) in [6, 6.07) is 6.99. The van der Waals surface area contributed by atoms with Crippen LogP contribution in [0, 0.1) is 0 Å². The molecule has 0 atom stereocenters. The summed E-state index contributed by atoms with van der Waals surface area (Å²) in [7, 11) is -1.10. The Bertz CT molecular complexity index is 454. The number of hydrogen-bond donors (Lipinski definition) is 1. The molecule has 0 saturated carbocycles. The molecular weight excluding hydrogens is 248 g/mol. The van der Waals surface area contributed by atoms with Gasteiger partial charge in [0, 0.05) is 32.1 Å². The van der Waals surface area contributed by atoms with Gasteiger partial charge >= 0.3 is 0 Å². The van der Waals surface area contributed by atoms with Crippen LogP contribution in [-0.4, -0.2) is 41.4 Å². The number of hydrogen-bond acceptors (Lipinski definition) is 4. The zero-order chi connectivity index (χ0) is 13.6. The highest BCUT2D eigenvalue weighted by atomic mass is 32.2. The summed E-state index contributed by atoms with van der Waals surface area (Å²) in [6.45, 7) is 5.00. The van der Waals surface area contributed by atoms with Crippen molar-refractivity contribution in [1.82, 2.24) is 5.32 Å². The van der Waals surface area contributed by atoms with E-state index < -0.39 is 9.84 Å². The fourth-order valence-electron chi connectivity index (χ4n) is 1.63. The van der Waals surface area contributed by atoms with Gasteiger partial charge in [-0.3, -0.25) is 0 Å². The predicted molar refractivity (Wildman–Crippen MR) is 76.0 cm³/mol. The molecule has 0 radical (unpaired) electrons. The number of nitrogens with one attached hydrogen (secondary N) is 1. The second kappa shape index (κ2) is 6.75. The monoisotopic (exact) mass is 270 g/mol. The molecule has 5 heteroatoms. The molecule has 0 amide bonds. The van der Waals surface area contributed by atoms with Crippen molar-refractivity contribution in [2.45, 2.75) is 18.2 Å². The Hall–Kier alpha value is -1.07. The lowest BCUT2D eigenvalue weighted by Gasteiger charge is -2.19. The highest BCUT2D eigenvalue weighted by molar-refractivity contribution is 7.90. The smallest absolute Gasteiger partial charge is 0.175 e. The van der Waals surface area contributed by atoms with E-state index in [1.165, 1.54) is 6.26 Å². The quantitative estimate of drug-likeness (QED) is 0.763. The Morgan fingerprint density at radius 2 is 1.78 bits per heavy atom. The number of sulfone groups is 1. The summed E-state index contributed by atoms with van der Waals surface area (Å²) in [5, 5.41) is 3.33. The minimum atomic E-state index is -3.10. The standard InChI is InChI=1S/C13H22N2O2S/c1-4-9-14-10-11-15(2)12-5-7-13(8-6-12)18(3,16)17/h5-8,14H,4,9-11H2,1-3H3. The summed E-state index contributed by atoms with van der Waals surface area (Å²) in [5.74, 6) is 0. The molecule has 102 valence electrons. The van der Waals surface area contributed by atoms with E-state index in [2.05, 4.69) is 17.1 Å². The Balaban J connectivity index is 2.57. The van der Waals surface area contributed by atoms with E-state index in [9.17, 15) is 8.42 Å². The lowest BCUT2D eigenvalue weighted by Crippen LogP contribution is -2.29. The van der Waals surface area contributed by atoms with Gasteiger partial charge < -0.3 is 10.2 Å². The third kappa shape index (κ3) is 4.66. The Labute approximate surface area is 110 Å². The number of nitrogens with zero attached hydrogens (tertiary/aromatic N) is 1. The van der Waals surface area contributed by atoms with Crippen LogP contribution in [0.3, 0.4) is 0 Å². The average molecular weight is 270 g/mol. The zero-order valence-corrected chi connectivity index (χ0v) is 12.1. The van der Waals surface area contributed by atoms with E-state index in [4.69, 9.17) is 0 Å². The van der Waals surface area contributed by atoms with E-state index >= 15 is 0 Å². The van der Waals surface area contributed by atoms with Crippen LogP contribution < -0.4 is 10.2 Å². The minimum absolute atomic E-state index is 0.365. The highest BCUT2D eigenvalue weighted by Crippen LogP contribution is 2.16. The van der Waals surface area contributed by atoms with Crippen molar-refractivity contribution >= 4 is 15.5 Å². The molecule has 0 aliphatic carbocycles. The molecule has 18 heavy (non-hydrogen) atoms. The molecule has 0 bridgehead atoms. The number of benzene rings is 1. The molecule has 1 aromatic rings. The maximum Gasteiger partial charge on any atom is 0.175 e. The molecule has 0 aliphatic heterocycles. The molecule has 0 saturated heterocycles. The molecule has 0 heterocycles. The van der Waals surface area contributed by atoms with E-state index in [0.717, 1.165) is 31.7 Å². The van der Waals surface area contributed by atoms with Gasteiger partial charge in [-0.05, 0) is 37.2 Å². The lowest BCUT2D eigenvalue weighted by molar-refractivity contribution is 0.602. The first-order valence-electron chi connectivity index (χ1n) is 6.17. The van der Waals surface area contributed by atoms with Crippen LogP contribution in [0.1, 0.15) is 13.3 Å². The van der Waals surface area contributed by atoms with Crippen molar-refractivity contribution in [2.24, 2.45) is 0 Å². The van der Waals surface area contributed by atoms with E-state index in [1.807, 2.05) is 19.2 Å². The van der Waals surface area contributed by atoms with Crippen molar-refractivity contribution in [2.75, 3.05) is 37.8 Å². The van der Waals surface area contributed by atoms with Gasteiger partial charge in [0.25, 0.3) is 0 Å². The van der Waals surface area contributed by atoms with Crippen molar-refractivity contribution in [3.63, 3.8) is 0 Å². The van der Waals surface area contributed by atoms with Gasteiger partial charge in [0.15, 0.2) is 9.84 Å². The largest absolute Gasteiger partial charge is 0.373 e. The van der Waals surface area contributed by atoms with E-state index in [1.54, 1.807) is 12.1 Å². The number of anilines is 1. The van der Waals surface area contributed by atoms with Crippen molar-refractivity contribution in [3.05, 3.63) is 24.3 Å². The number of likely N-dealkylation sites (N-methyl/N-ethyl adjacent to an activating group) is 1. The van der Waals surface area contributed by atoms with Gasteiger partial charge in [-0.15, -0.1) is 0 Å². The average Bonchev–Trinajstić information content (AvgIpc) is 2.33. The van der Waals surface area contributed by atoms with Crippen LogP contribution >= 0.6 is 0 Å². The first-order chi connectivity index (χ1) is 8.45. The second-order valence-corrected chi connectivity index (χ2v) is 6.45. The normalized spacial score (nSPS) is 11.5. The molecule has 0 fully saturated rings. The maximum atomic E-state index is 11.3. The van der Waals surface area contributed by atoms with Crippen LogP contribution in [0.4, 0.5) is 5.69 Å². The van der Waals surface area contributed by atoms with Crippen LogP contribution in [-0.2, 0) is 9.84 Å². The molecule has 0 spiro atoms. The van der Waals surface area contributed by atoms with Gasteiger partial charge in [0.2, 0.25) is 0 Å². The van der Waals surface area contributed by atoms with Gasteiger partial charge in [-0.2, -0.15) is 0 Å². The summed E-state index contributed by atoms with van der Waals surface area (Å²) in [5.41, 5.74) is 1.03. The predicted octanol–water partition coefficient (Wildman–Crippen LogP) is 1.53. The van der Waals surface area contributed by atoms with Gasteiger partial charge in [0.1, 0.15) is 0 Å². The van der Waals surface area contributed by atoms with Crippen LogP contribution in [0.25, 0.3) is 0 Å². The third-order valence-electron chi connectivity index (χ3n) is 2.76. The van der Waals surface area contributed by atoms with Gasteiger partial charge in [0.05, 0.1) is 4.90 Å².